The van der Waals surface area contributed by atoms with E-state index in [0.717, 1.165) is 36.6 Å². The van der Waals surface area contributed by atoms with Crippen LogP contribution in [0.25, 0.3) is 0 Å². The number of alkyl halides is 2. The second-order valence-corrected chi connectivity index (χ2v) is 11.7. The van der Waals surface area contributed by atoms with Gasteiger partial charge in [0.2, 0.25) is 0 Å². The molecule has 4 N–H and O–H groups in total. The molecule has 3 heterocycles. The van der Waals surface area contributed by atoms with Gasteiger partial charge in [0.05, 0.1) is 25.5 Å². The summed E-state index contributed by atoms with van der Waals surface area (Å²) >= 11 is 11.2. The normalized spacial score (nSPS) is 26.7. The first-order valence-electron chi connectivity index (χ1n) is 12.7. The van der Waals surface area contributed by atoms with Crippen LogP contribution in [0.15, 0.2) is 11.0 Å². The van der Waals surface area contributed by atoms with Crippen LogP contribution < -0.4 is 16.1 Å². The third-order valence-corrected chi connectivity index (χ3v) is 8.45. The Morgan fingerprint density at radius 2 is 2.03 bits per heavy atom. The third-order valence-electron chi connectivity index (χ3n) is 5.82. The van der Waals surface area contributed by atoms with Crippen LogP contribution >= 0.6 is 30.9 Å². The second kappa shape index (κ2) is 16.8. The molecular formula is C22H37Cl2FN5O8P. The topological polar surface area (TPSA) is 164 Å². The molecule has 1 aromatic heterocycles. The van der Waals surface area contributed by atoms with Crippen molar-refractivity contribution in [2.45, 2.75) is 64.1 Å². The number of aliphatic hydroxyl groups is 2. The van der Waals surface area contributed by atoms with Crippen molar-refractivity contribution in [3.05, 3.63) is 22.5 Å². The number of rotatable bonds is 11. The van der Waals surface area contributed by atoms with Gasteiger partial charge in [-0.15, -0.1) is 23.2 Å². The van der Waals surface area contributed by atoms with Crippen LogP contribution in [0.1, 0.15) is 45.8 Å². The molecule has 39 heavy (non-hydrogen) atoms. The van der Waals surface area contributed by atoms with E-state index in [-0.39, 0.29) is 6.61 Å². The van der Waals surface area contributed by atoms with Crippen molar-refractivity contribution in [2.75, 3.05) is 49.9 Å². The Labute approximate surface area is 236 Å². The second-order valence-electron chi connectivity index (χ2n) is 8.76. The molecule has 1 unspecified atom stereocenters. The molecule has 0 saturated carbocycles. The fraction of sp³-hybridized carbons (Fsp3) is 0.773. The molecule has 2 aliphatic heterocycles. The van der Waals surface area contributed by atoms with Crippen molar-refractivity contribution in [3.63, 3.8) is 0 Å². The lowest BCUT2D eigenvalue weighted by atomic mass is 10.1. The van der Waals surface area contributed by atoms with E-state index in [0.29, 0.717) is 37.9 Å². The molecule has 1 amide bonds. The molecule has 5 atom stereocenters. The summed E-state index contributed by atoms with van der Waals surface area (Å²) in [5.41, 5.74) is -0.951. The first kappa shape index (κ1) is 33.9. The van der Waals surface area contributed by atoms with Crippen molar-refractivity contribution in [2.24, 2.45) is 0 Å². The van der Waals surface area contributed by atoms with Crippen molar-refractivity contribution in [1.82, 2.24) is 19.3 Å². The largest absolute Gasteiger partial charge is 0.449 e. The average Bonchev–Trinajstić information content (AvgIpc) is 3.16. The number of aliphatic hydroxyl groups excluding tert-OH is 2. The maximum Gasteiger partial charge on any atom is 0.412 e. The molecule has 1 aromatic rings. The molecule has 17 heteroatoms. The number of carbonyl (C=O) groups excluding carboxylic acids is 1. The van der Waals surface area contributed by atoms with Crippen LogP contribution in [0.3, 0.4) is 0 Å². The summed E-state index contributed by atoms with van der Waals surface area (Å²) in [7, 11) is -2.84. The van der Waals surface area contributed by atoms with Gasteiger partial charge in [0, 0.05) is 31.4 Å². The van der Waals surface area contributed by atoms with Crippen molar-refractivity contribution >= 4 is 42.8 Å². The van der Waals surface area contributed by atoms with Gasteiger partial charge in [-0.2, -0.15) is 4.98 Å². The molecule has 0 aromatic carbocycles. The van der Waals surface area contributed by atoms with Gasteiger partial charge in [0.15, 0.2) is 17.9 Å². The first-order chi connectivity index (χ1) is 18.6. The van der Waals surface area contributed by atoms with Gasteiger partial charge >= 0.3 is 19.5 Å². The zero-order valence-electron chi connectivity index (χ0n) is 21.9. The number of hydrogen-bond donors (Lipinski definition) is 4. The van der Waals surface area contributed by atoms with E-state index in [1.165, 1.54) is 6.92 Å². The van der Waals surface area contributed by atoms with Gasteiger partial charge < -0.3 is 24.2 Å². The lowest BCUT2D eigenvalue weighted by Gasteiger charge is -2.33. The van der Waals surface area contributed by atoms with Crippen LogP contribution in [0.5, 0.6) is 0 Å². The van der Waals surface area contributed by atoms with E-state index in [1.54, 1.807) is 4.67 Å². The minimum atomic E-state index is -2.84. The molecule has 2 saturated heterocycles. The van der Waals surface area contributed by atoms with E-state index >= 15 is 0 Å². The predicted octanol–water partition coefficient (Wildman–Crippen LogP) is 2.64. The molecule has 3 rings (SSSR count). The van der Waals surface area contributed by atoms with E-state index in [1.807, 2.05) is 6.92 Å². The molecule has 13 nitrogen and oxygen atoms in total. The molecule has 2 fully saturated rings. The summed E-state index contributed by atoms with van der Waals surface area (Å²) in [5.74, 6) is -0.740. The number of nitrogens with zero attached hydrogens (tertiary/aromatic N) is 3. The van der Waals surface area contributed by atoms with Crippen LogP contribution in [0, 0.1) is 5.82 Å². The molecule has 0 spiro atoms. The summed E-state index contributed by atoms with van der Waals surface area (Å²) < 4.78 is 44.1. The van der Waals surface area contributed by atoms with E-state index < -0.39 is 55.6 Å². The quantitative estimate of drug-likeness (QED) is 0.163. The Kier molecular flexibility index (Phi) is 14.6. The highest BCUT2D eigenvalue weighted by Crippen LogP contribution is 2.48. The highest BCUT2D eigenvalue weighted by Gasteiger charge is 2.42. The van der Waals surface area contributed by atoms with Gasteiger partial charge in [0.1, 0.15) is 12.2 Å². The fourth-order valence-corrected chi connectivity index (χ4v) is 6.34. The van der Waals surface area contributed by atoms with Gasteiger partial charge in [-0.05, 0) is 19.8 Å². The maximum atomic E-state index is 14.1. The zero-order chi connectivity index (χ0) is 29.0. The Morgan fingerprint density at radius 3 is 2.56 bits per heavy atom. The minimum Gasteiger partial charge on any atom is -0.449 e. The summed E-state index contributed by atoms with van der Waals surface area (Å²) in [6.07, 6.45) is -1.36. The molecule has 224 valence electrons. The lowest BCUT2D eigenvalue weighted by molar-refractivity contribution is -0.0355. The molecule has 0 bridgehead atoms. The predicted molar refractivity (Wildman–Crippen MR) is 144 cm³/mol. The maximum absolute atomic E-state index is 14.1. The Hall–Kier alpha value is -1.35. The summed E-state index contributed by atoms with van der Waals surface area (Å²) in [4.78, 5) is 27.0. The van der Waals surface area contributed by atoms with Gasteiger partial charge in [0.25, 0.3) is 0 Å². The summed E-state index contributed by atoms with van der Waals surface area (Å²) in [5, 5.41) is 24.5. The van der Waals surface area contributed by atoms with Crippen molar-refractivity contribution in [1.29, 1.82) is 0 Å². The summed E-state index contributed by atoms with van der Waals surface area (Å²) in [6.45, 7) is 5.99. The zero-order valence-corrected chi connectivity index (χ0v) is 24.3. The van der Waals surface area contributed by atoms with Crippen molar-refractivity contribution < 1.29 is 38.0 Å². The Morgan fingerprint density at radius 1 is 1.33 bits per heavy atom. The number of halogens is 3. The van der Waals surface area contributed by atoms with Gasteiger partial charge in [-0.1, -0.05) is 19.8 Å². The number of carbonyl (C=O) groups is 1. The number of hydrogen-bond acceptors (Lipinski definition) is 9. The van der Waals surface area contributed by atoms with Crippen LogP contribution in [0.4, 0.5) is 15.0 Å². The molecule has 0 radical (unpaired) electrons. The van der Waals surface area contributed by atoms with E-state index in [4.69, 9.17) is 37.2 Å². The lowest BCUT2D eigenvalue weighted by Crippen LogP contribution is -2.36. The third kappa shape index (κ3) is 9.91. The number of aromatic nitrogens is 2. The number of ether oxygens (including phenoxy) is 2. The molecule has 0 aliphatic carbocycles. The van der Waals surface area contributed by atoms with Crippen LogP contribution in [-0.2, 0) is 18.6 Å². The molecular weight excluding hydrogens is 583 g/mol. The molecule has 2 aliphatic rings. The smallest absolute Gasteiger partial charge is 0.412 e. The first-order valence-corrected chi connectivity index (χ1v) is 15.3. The van der Waals surface area contributed by atoms with Gasteiger partial charge in [-0.25, -0.2) is 23.7 Å². The number of anilines is 1. The number of amides is 1. The van der Waals surface area contributed by atoms with Crippen LogP contribution in [-0.4, -0.2) is 93.4 Å². The Balaban J connectivity index is 0.000000322. The summed E-state index contributed by atoms with van der Waals surface area (Å²) in [6, 6.07) is 0. The van der Waals surface area contributed by atoms with Crippen LogP contribution in [0.2, 0.25) is 0 Å². The SMILES string of the molecule is CCCCCOC(=O)Nc1nc(=O)n([C@@H]2O[C@H](C)[C@@H](O)[C@H]2O)cc1F.O=P1(N(CCCl)CCCl)NCCCO1. The highest BCUT2D eigenvalue weighted by molar-refractivity contribution is 7.54. The van der Waals surface area contributed by atoms with E-state index in [2.05, 4.69) is 15.4 Å². The van der Waals surface area contributed by atoms with Crippen molar-refractivity contribution in [3.8, 4) is 0 Å². The van der Waals surface area contributed by atoms with Gasteiger partial charge in [-0.3, -0.25) is 14.4 Å². The highest BCUT2D eigenvalue weighted by atomic mass is 35.5. The monoisotopic (exact) mass is 619 g/mol. The average molecular weight is 620 g/mol. The Bertz CT molecular complexity index is 1010. The van der Waals surface area contributed by atoms with E-state index in [9.17, 15) is 28.8 Å². The number of nitrogens with one attached hydrogen (secondary N) is 2. The fourth-order valence-electron chi connectivity index (χ4n) is 3.70. The standard InChI is InChI=1S/C15H22FN3O6.C7H15Cl2N2O2P/c1-3-4-5-6-24-15(23)18-12-9(16)7-19(14(22)17-12)13-11(21)10(20)8(2)25-13;8-2-5-11(6-3-9)14(12)10-4-1-7-13-14/h7-8,10-11,13,20-21H,3-6H2,1-2H3,(H,17,18,22,23);1-7H2,(H,10,12)/t8-,10-,11-,13-;/m1./s1. The number of unbranched alkanes of at least 4 members (excludes halogenated alkanes) is 2. The minimum absolute atomic E-state index is 0.177.